The maximum atomic E-state index is 14.6. The zero-order valence-electron chi connectivity index (χ0n) is 26.6. The summed E-state index contributed by atoms with van der Waals surface area (Å²) >= 11 is 0. The smallest absolute Gasteiger partial charge is 0.264 e. The van der Waals surface area contributed by atoms with E-state index in [1.165, 1.54) is 31.7 Å². The Morgan fingerprint density at radius 1 is 1.04 bits per heavy atom. The molecule has 9 nitrogen and oxygen atoms in total. The van der Waals surface area contributed by atoms with Crippen LogP contribution in [0.1, 0.15) is 92.6 Å². The average Bonchev–Trinajstić information content (AvgIpc) is 3.70. The fraction of sp³-hybridized carbons (Fsp3) is 0.543. The van der Waals surface area contributed by atoms with Crippen LogP contribution < -0.4 is 9.46 Å². The van der Waals surface area contributed by atoms with Crippen LogP contribution in [0.3, 0.4) is 0 Å². The third kappa shape index (κ3) is 5.14. The van der Waals surface area contributed by atoms with Crippen molar-refractivity contribution in [3.63, 3.8) is 0 Å². The number of carbonyl (C=O) groups excluding carboxylic acids is 2. The van der Waals surface area contributed by atoms with Crippen LogP contribution in [-0.4, -0.2) is 67.9 Å². The van der Waals surface area contributed by atoms with E-state index >= 15 is 0 Å². The van der Waals surface area contributed by atoms with Gasteiger partial charge in [0.2, 0.25) is 15.9 Å². The van der Waals surface area contributed by atoms with Gasteiger partial charge in [0.15, 0.2) is 0 Å². The van der Waals surface area contributed by atoms with Crippen molar-refractivity contribution in [3.05, 3.63) is 53.1 Å². The minimum Gasteiger partial charge on any atom is -0.497 e. The number of ether oxygens (including phenoxy) is 2. The van der Waals surface area contributed by atoms with E-state index in [-0.39, 0.29) is 35.3 Å². The van der Waals surface area contributed by atoms with E-state index in [1.807, 2.05) is 36.9 Å². The lowest BCUT2D eigenvalue weighted by molar-refractivity contribution is -0.149. The molecule has 1 N–H and O–H groups in total. The van der Waals surface area contributed by atoms with E-state index in [9.17, 15) is 18.0 Å². The topological polar surface area (TPSA) is 107 Å². The summed E-state index contributed by atoms with van der Waals surface area (Å²) in [5.74, 6) is 0.501. The SMILES string of the molecule is CCS(=O)(=O)NC(=O)c1ccc2c(C3CCCCC3)c3n(c2c1)CC1(C(=O)N2C[C@@H](C)O[C@@H](C)C2)CC1c1cc(OC)ccc1-3. The third-order valence-corrected chi connectivity index (χ3v) is 11.8. The Balaban J connectivity index is 1.44. The highest BCUT2D eigenvalue weighted by atomic mass is 32.2. The lowest BCUT2D eigenvalue weighted by Crippen LogP contribution is -2.51. The van der Waals surface area contributed by atoms with Gasteiger partial charge in [-0.1, -0.05) is 25.3 Å². The molecule has 4 aliphatic rings. The van der Waals surface area contributed by atoms with E-state index in [1.54, 1.807) is 13.2 Å². The maximum Gasteiger partial charge on any atom is 0.264 e. The number of nitrogens with one attached hydrogen (secondary N) is 1. The number of morpholine rings is 1. The van der Waals surface area contributed by atoms with E-state index in [2.05, 4.69) is 21.4 Å². The highest BCUT2D eigenvalue weighted by molar-refractivity contribution is 7.90. The van der Waals surface area contributed by atoms with Crippen LogP contribution >= 0.6 is 0 Å². The first-order chi connectivity index (χ1) is 21.5. The second-order valence-corrected chi connectivity index (χ2v) is 15.6. The van der Waals surface area contributed by atoms with Gasteiger partial charge < -0.3 is 18.9 Å². The summed E-state index contributed by atoms with van der Waals surface area (Å²) in [6, 6.07) is 11.8. The van der Waals surface area contributed by atoms with Gasteiger partial charge in [0.1, 0.15) is 5.75 Å². The standard InChI is InChI=1S/C35H43N3O6S/c1-5-45(41,42)36-33(39)24-11-13-27-30(15-24)38-20-35(34(40)37-18-21(2)44-22(3)19-37)17-29(35)28-16-25(43-4)12-14-26(28)32(38)31(27)23-9-7-6-8-10-23/h11-16,21-23,29H,5-10,17-20H2,1-4H3,(H,36,39)/t21-,22+,29?,35?. The number of nitrogens with zero attached hydrogens (tertiary/aromatic N) is 2. The minimum atomic E-state index is -3.73. The monoisotopic (exact) mass is 633 g/mol. The second-order valence-electron chi connectivity index (χ2n) is 13.6. The Bertz CT molecular complexity index is 1780. The van der Waals surface area contributed by atoms with Gasteiger partial charge in [-0.3, -0.25) is 9.59 Å². The number of hydrogen-bond donors (Lipinski definition) is 1. The van der Waals surface area contributed by atoms with Crippen molar-refractivity contribution < 1.29 is 27.5 Å². The van der Waals surface area contributed by atoms with Crippen LogP contribution in [-0.2, 0) is 26.1 Å². The number of aromatic nitrogens is 1. The molecule has 2 aliphatic carbocycles. The summed E-state index contributed by atoms with van der Waals surface area (Å²) in [6.07, 6.45) is 6.40. The zero-order valence-corrected chi connectivity index (χ0v) is 27.4. The molecule has 7 rings (SSSR count). The molecule has 0 spiro atoms. The van der Waals surface area contributed by atoms with Crippen LogP contribution in [0.25, 0.3) is 22.2 Å². The minimum absolute atomic E-state index is 0.0363. The number of carbonyl (C=O) groups is 2. The van der Waals surface area contributed by atoms with Crippen molar-refractivity contribution in [3.8, 4) is 17.0 Å². The zero-order chi connectivity index (χ0) is 31.7. The molecular weight excluding hydrogens is 590 g/mol. The summed E-state index contributed by atoms with van der Waals surface area (Å²) < 4.78 is 40.7. The average molecular weight is 634 g/mol. The van der Waals surface area contributed by atoms with E-state index in [0.717, 1.165) is 52.7 Å². The molecule has 3 aromatic rings. The number of rotatable bonds is 6. The lowest BCUT2D eigenvalue weighted by atomic mass is 9.81. The molecule has 2 saturated carbocycles. The quantitative estimate of drug-likeness (QED) is 0.381. The van der Waals surface area contributed by atoms with Crippen molar-refractivity contribution in [2.75, 3.05) is 26.0 Å². The van der Waals surface area contributed by atoms with Crippen molar-refractivity contribution in [2.24, 2.45) is 5.41 Å². The molecular formula is C35H43N3O6S. The van der Waals surface area contributed by atoms with E-state index in [0.29, 0.717) is 25.6 Å². The number of hydrogen-bond acceptors (Lipinski definition) is 6. The molecule has 3 fully saturated rings. The van der Waals surface area contributed by atoms with Gasteiger partial charge in [-0.25, -0.2) is 13.1 Å². The molecule has 3 heterocycles. The van der Waals surface area contributed by atoms with Gasteiger partial charge in [-0.05, 0) is 87.4 Å². The summed E-state index contributed by atoms with van der Waals surface area (Å²) in [7, 11) is -2.05. The second kappa shape index (κ2) is 11.2. The first-order valence-corrected chi connectivity index (χ1v) is 18.0. The largest absolute Gasteiger partial charge is 0.497 e. The van der Waals surface area contributed by atoms with Gasteiger partial charge >= 0.3 is 0 Å². The summed E-state index contributed by atoms with van der Waals surface area (Å²) in [6.45, 7) is 7.16. The Hall–Kier alpha value is -3.37. The van der Waals surface area contributed by atoms with Crippen LogP contribution in [0.4, 0.5) is 0 Å². The number of methoxy groups -OCH3 is 1. The third-order valence-electron chi connectivity index (χ3n) is 10.5. The van der Waals surface area contributed by atoms with Crippen molar-refractivity contribution in [1.29, 1.82) is 0 Å². The highest BCUT2D eigenvalue weighted by Gasteiger charge is 2.64. The van der Waals surface area contributed by atoms with Crippen molar-refractivity contribution in [2.45, 2.75) is 89.9 Å². The summed E-state index contributed by atoms with van der Waals surface area (Å²) in [5.41, 5.74) is 5.19. The van der Waals surface area contributed by atoms with Crippen molar-refractivity contribution in [1.82, 2.24) is 14.2 Å². The lowest BCUT2D eigenvalue weighted by Gasteiger charge is -2.37. The van der Waals surface area contributed by atoms with Crippen LogP contribution in [0.5, 0.6) is 5.75 Å². The molecule has 2 aliphatic heterocycles. The van der Waals surface area contributed by atoms with Crippen LogP contribution in [0.2, 0.25) is 0 Å². The van der Waals surface area contributed by atoms with Gasteiger partial charge in [-0.2, -0.15) is 0 Å². The molecule has 10 heteroatoms. The molecule has 0 radical (unpaired) electrons. The summed E-state index contributed by atoms with van der Waals surface area (Å²) in [4.78, 5) is 29.8. The molecule has 1 aromatic heterocycles. The molecule has 2 amide bonds. The normalized spacial score (nSPS) is 26.4. The molecule has 45 heavy (non-hydrogen) atoms. The van der Waals surface area contributed by atoms with E-state index < -0.39 is 21.3 Å². The Kier molecular flexibility index (Phi) is 7.51. The number of amides is 2. The first kappa shape index (κ1) is 30.3. The van der Waals surface area contributed by atoms with Gasteiger partial charge in [0, 0.05) is 47.6 Å². The number of fused-ring (bicyclic) bond motifs is 7. The fourth-order valence-electron chi connectivity index (χ4n) is 8.35. The molecule has 0 bridgehead atoms. The summed E-state index contributed by atoms with van der Waals surface area (Å²) in [5, 5.41) is 1.07. The molecule has 240 valence electrons. The molecule has 4 atom stereocenters. The predicted molar refractivity (Wildman–Crippen MR) is 173 cm³/mol. The number of benzene rings is 2. The van der Waals surface area contributed by atoms with Gasteiger partial charge in [0.05, 0.1) is 36.2 Å². The molecule has 2 aromatic carbocycles. The Morgan fingerprint density at radius 3 is 2.47 bits per heavy atom. The highest BCUT2D eigenvalue weighted by Crippen LogP contribution is 2.66. The maximum absolute atomic E-state index is 14.6. The van der Waals surface area contributed by atoms with Crippen LogP contribution in [0, 0.1) is 5.41 Å². The van der Waals surface area contributed by atoms with Gasteiger partial charge in [0.25, 0.3) is 5.91 Å². The fourth-order valence-corrected chi connectivity index (χ4v) is 8.90. The van der Waals surface area contributed by atoms with Crippen molar-refractivity contribution >= 4 is 32.7 Å². The Morgan fingerprint density at radius 2 is 1.78 bits per heavy atom. The first-order valence-electron chi connectivity index (χ1n) is 16.4. The molecule has 1 saturated heterocycles. The predicted octanol–water partition coefficient (Wildman–Crippen LogP) is 5.57. The number of sulfonamides is 1. The Labute approximate surface area is 265 Å². The van der Waals surface area contributed by atoms with Gasteiger partial charge in [-0.15, -0.1) is 0 Å². The molecule has 2 unspecified atom stereocenters. The van der Waals surface area contributed by atoms with Crippen LogP contribution in [0.15, 0.2) is 36.4 Å². The van der Waals surface area contributed by atoms with E-state index in [4.69, 9.17) is 9.47 Å².